The van der Waals surface area contributed by atoms with Crippen LogP contribution in [0, 0.1) is 5.82 Å². The van der Waals surface area contributed by atoms with Gasteiger partial charge in [-0.05, 0) is 64.7 Å². The molecule has 35 heavy (non-hydrogen) atoms. The van der Waals surface area contributed by atoms with Gasteiger partial charge in [0.1, 0.15) is 5.82 Å². The molecule has 5 rings (SSSR count). The number of halogens is 1. The van der Waals surface area contributed by atoms with E-state index in [9.17, 15) is 14.0 Å². The van der Waals surface area contributed by atoms with E-state index in [-0.39, 0.29) is 35.7 Å². The lowest BCUT2D eigenvalue weighted by molar-refractivity contribution is -0.139. The Morgan fingerprint density at radius 2 is 1.97 bits per heavy atom. The summed E-state index contributed by atoms with van der Waals surface area (Å²) in [7, 11) is -0.473. The third-order valence-corrected chi connectivity index (χ3v) is 8.55. The maximum absolute atomic E-state index is 13.6. The Morgan fingerprint density at radius 1 is 1.26 bits per heavy atom. The molecule has 4 aliphatic heterocycles. The maximum atomic E-state index is 13.6. The molecule has 8 nitrogen and oxygen atoms in total. The molecule has 1 aromatic rings. The Bertz CT molecular complexity index is 991. The van der Waals surface area contributed by atoms with E-state index in [2.05, 4.69) is 0 Å². The van der Waals surface area contributed by atoms with Crippen LogP contribution in [0.1, 0.15) is 52.5 Å². The number of hydrogen-bond acceptors (Lipinski definition) is 6. The lowest BCUT2D eigenvalue weighted by atomic mass is 9.76. The van der Waals surface area contributed by atoms with E-state index in [1.54, 1.807) is 6.07 Å². The third kappa shape index (κ3) is 4.39. The number of nitrogens with two attached hydrogens (primary N) is 1. The lowest BCUT2D eigenvalue weighted by Crippen LogP contribution is -2.57. The minimum Gasteiger partial charge on any atom is -0.402 e. The molecule has 0 aliphatic carbocycles. The van der Waals surface area contributed by atoms with Gasteiger partial charge in [-0.2, -0.15) is 0 Å². The van der Waals surface area contributed by atoms with Gasteiger partial charge in [0.25, 0.3) is 0 Å². The molecule has 2 amide bonds. The molecule has 0 radical (unpaired) electrons. The molecular formula is C25H36BFN4O4. The van der Waals surface area contributed by atoms with Crippen LogP contribution in [0.15, 0.2) is 24.3 Å². The predicted molar refractivity (Wildman–Crippen MR) is 130 cm³/mol. The SMILES string of the molecule is CC1(C)OB(C2CCCN2C(=O)[C@@H](N)CN2C[C@@H]3CC2C(=O)N3Cc2cccc(F)c2)OC1(C)C. The number of hydrogen-bond donors (Lipinski definition) is 1. The number of nitrogens with zero attached hydrogens (tertiary/aromatic N) is 3. The van der Waals surface area contributed by atoms with E-state index in [0.29, 0.717) is 26.2 Å². The summed E-state index contributed by atoms with van der Waals surface area (Å²) in [5.41, 5.74) is 6.29. The van der Waals surface area contributed by atoms with Crippen LogP contribution in [0.25, 0.3) is 0 Å². The first-order valence-corrected chi connectivity index (χ1v) is 12.7. The second-order valence-electron chi connectivity index (χ2n) is 11.4. The van der Waals surface area contributed by atoms with Crippen molar-refractivity contribution >= 4 is 18.9 Å². The van der Waals surface area contributed by atoms with Crippen molar-refractivity contribution in [2.24, 2.45) is 5.73 Å². The maximum Gasteiger partial charge on any atom is 0.482 e. The van der Waals surface area contributed by atoms with E-state index in [4.69, 9.17) is 15.0 Å². The van der Waals surface area contributed by atoms with Crippen LogP contribution in [0.4, 0.5) is 4.39 Å². The Labute approximate surface area is 207 Å². The zero-order valence-corrected chi connectivity index (χ0v) is 21.1. The zero-order chi connectivity index (χ0) is 25.1. The first-order valence-electron chi connectivity index (χ1n) is 12.7. The fourth-order valence-electron chi connectivity index (χ4n) is 5.91. The molecule has 4 aliphatic rings. The number of amides is 2. The van der Waals surface area contributed by atoms with Gasteiger partial charge >= 0.3 is 7.12 Å². The van der Waals surface area contributed by atoms with Crippen molar-refractivity contribution in [3.63, 3.8) is 0 Å². The monoisotopic (exact) mass is 486 g/mol. The number of carbonyl (C=O) groups excluding carboxylic acids is 2. The number of likely N-dealkylation sites (tertiary alicyclic amines) is 3. The Balaban J connectivity index is 1.19. The summed E-state index contributed by atoms with van der Waals surface area (Å²) >= 11 is 0. The average molecular weight is 486 g/mol. The van der Waals surface area contributed by atoms with Crippen molar-refractivity contribution in [1.29, 1.82) is 0 Å². The molecule has 2 bridgehead atoms. The molecule has 4 saturated heterocycles. The minimum atomic E-state index is -0.721. The number of piperazine rings is 1. The molecule has 2 N–H and O–H groups in total. The van der Waals surface area contributed by atoms with Gasteiger partial charge in [-0.1, -0.05) is 12.1 Å². The van der Waals surface area contributed by atoms with E-state index in [0.717, 1.165) is 24.8 Å². The summed E-state index contributed by atoms with van der Waals surface area (Å²) in [6, 6.07) is 5.43. The number of fused-ring (bicyclic) bond motifs is 2. The first kappa shape index (κ1) is 24.7. The van der Waals surface area contributed by atoms with Crippen LogP contribution < -0.4 is 5.73 Å². The third-order valence-electron chi connectivity index (χ3n) is 8.55. The van der Waals surface area contributed by atoms with Crippen molar-refractivity contribution in [3.05, 3.63) is 35.6 Å². The Hall–Kier alpha value is -2.01. The second-order valence-corrected chi connectivity index (χ2v) is 11.4. The summed E-state index contributed by atoms with van der Waals surface area (Å²) in [5, 5.41) is 0. The summed E-state index contributed by atoms with van der Waals surface area (Å²) in [6.07, 6.45) is 2.42. The zero-order valence-electron chi connectivity index (χ0n) is 21.1. The van der Waals surface area contributed by atoms with E-state index in [1.807, 2.05) is 48.5 Å². The highest BCUT2D eigenvalue weighted by atomic mass is 19.1. The number of benzene rings is 1. The summed E-state index contributed by atoms with van der Waals surface area (Å²) in [4.78, 5) is 32.1. The summed E-state index contributed by atoms with van der Waals surface area (Å²) in [5.74, 6) is -0.547. The lowest BCUT2D eigenvalue weighted by Gasteiger charge is -2.36. The molecule has 0 aromatic heterocycles. The fourth-order valence-corrected chi connectivity index (χ4v) is 5.91. The first-order chi connectivity index (χ1) is 16.5. The minimum absolute atomic E-state index is 0.0291. The molecule has 4 atom stereocenters. The van der Waals surface area contributed by atoms with Crippen LogP contribution in [-0.4, -0.2) is 88.5 Å². The normalized spacial score (nSPS) is 30.5. The van der Waals surface area contributed by atoms with Crippen LogP contribution in [0.2, 0.25) is 0 Å². The van der Waals surface area contributed by atoms with Crippen molar-refractivity contribution < 1.29 is 23.3 Å². The molecule has 2 unspecified atom stereocenters. The molecule has 0 saturated carbocycles. The van der Waals surface area contributed by atoms with E-state index in [1.165, 1.54) is 12.1 Å². The predicted octanol–water partition coefficient (Wildman–Crippen LogP) is 1.56. The molecule has 10 heteroatoms. The molecule has 4 heterocycles. The Kier molecular flexibility index (Phi) is 6.23. The van der Waals surface area contributed by atoms with Crippen molar-refractivity contribution in [3.8, 4) is 0 Å². The molecular weight excluding hydrogens is 450 g/mol. The number of carbonyl (C=O) groups is 2. The van der Waals surface area contributed by atoms with Gasteiger partial charge in [-0.3, -0.25) is 14.5 Å². The van der Waals surface area contributed by atoms with Gasteiger partial charge in [0.15, 0.2) is 0 Å². The highest BCUT2D eigenvalue weighted by Gasteiger charge is 2.56. The highest BCUT2D eigenvalue weighted by molar-refractivity contribution is 6.48. The van der Waals surface area contributed by atoms with Gasteiger partial charge in [-0.25, -0.2) is 4.39 Å². The van der Waals surface area contributed by atoms with Crippen molar-refractivity contribution in [1.82, 2.24) is 14.7 Å². The van der Waals surface area contributed by atoms with Crippen LogP contribution in [-0.2, 0) is 25.4 Å². The van der Waals surface area contributed by atoms with Crippen molar-refractivity contribution in [2.75, 3.05) is 19.6 Å². The van der Waals surface area contributed by atoms with Gasteiger partial charge in [0.2, 0.25) is 11.8 Å². The summed E-state index contributed by atoms with van der Waals surface area (Å²) in [6.45, 7) is 10.1. The Morgan fingerprint density at radius 3 is 2.63 bits per heavy atom. The fraction of sp³-hybridized carbons (Fsp3) is 0.680. The molecule has 4 fully saturated rings. The quantitative estimate of drug-likeness (QED) is 0.615. The van der Waals surface area contributed by atoms with Crippen LogP contribution >= 0.6 is 0 Å². The summed E-state index contributed by atoms with van der Waals surface area (Å²) < 4.78 is 26.0. The van der Waals surface area contributed by atoms with Crippen LogP contribution in [0.3, 0.4) is 0 Å². The largest absolute Gasteiger partial charge is 0.482 e. The van der Waals surface area contributed by atoms with Crippen molar-refractivity contribution in [2.45, 2.75) is 88.8 Å². The molecule has 1 aromatic carbocycles. The van der Waals surface area contributed by atoms with Gasteiger partial charge in [0.05, 0.1) is 29.2 Å². The smallest absolute Gasteiger partial charge is 0.402 e. The highest BCUT2D eigenvalue weighted by Crippen LogP contribution is 2.40. The second kappa shape index (κ2) is 8.83. The average Bonchev–Trinajstić information content (AvgIpc) is 3.52. The number of rotatable bonds is 6. The van der Waals surface area contributed by atoms with Gasteiger partial charge in [-0.15, -0.1) is 0 Å². The van der Waals surface area contributed by atoms with E-state index >= 15 is 0 Å². The molecule has 190 valence electrons. The van der Waals surface area contributed by atoms with E-state index < -0.39 is 24.4 Å². The van der Waals surface area contributed by atoms with Gasteiger partial charge < -0.3 is 24.8 Å². The van der Waals surface area contributed by atoms with Crippen LogP contribution in [0.5, 0.6) is 0 Å². The molecule has 0 spiro atoms. The standard InChI is InChI=1S/C25H36BFN4O4/c1-24(2)25(3,4)35-26(34-24)21-9-6-10-30(21)22(32)19(28)15-29-14-18-12-20(29)23(33)31(18)13-16-7-5-8-17(27)11-16/h5,7-8,11,18-21H,6,9-10,12-15,28H2,1-4H3/t18-,19-,20?,21?/m0/s1. The van der Waals surface area contributed by atoms with Gasteiger partial charge in [0, 0.05) is 32.2 Å². The topological polar surface area (TPSA) is 88.3 Å².